The Balaban J connectivity index is -0.0000000519. The molecular formula is N2O14Ru2S3. The molecule has 0 aromatic carbocycles. The van der Waals surface area contributed by atoms with Gasteiger partial charge in [-0.25, -0.2) is 0 Å². The fourth-order valence-corrected chi connectivity index (χ4v) is 0. The van der Waals surface area contributed by atoms with Crippen LogP contribution in [0.4, 0.5) is 0 Å². The molecular weight excluding hydrogens is 550 g/mol. The molecule has 128 valence electrons. The van der Waals surface area contributed by atoms with Crippen molar-refractivity contribution >= 4 is 31.2 Å². The SMILES string of the molecule is O=S(=O)([O-])[O-].O=S(=O)([O-])[O-].O=S(=O)([O-])[O-].O=[N][Ru+3].O=[N][Ru+3]. The quantitative estimate of drug-likeness (QED) is 0.122. The summed E-state index contributed by atoms with van der Waals surface area (Å²) in [5, 5.41) is 0. The summed E-state index contributed by atoms with van der Waals surface area (Å²) >= 11 is 3.15. The van der Waals surface area contributed by atoms with Crippen molar-refractivity contribution in [3.05, 3.63) is 9.81 Å². The van der Waals surface area contributed by atoms with E-state index in [1.807, 2.05) is 0 Å². The van der Waals surface area contributed by atoms with Crippen molar-refractivity contribution in [2.45, 2.75) is 0 Å². The van der Waals surface area contributed by atoms with Crippen molar-refractivity contribution in [3.8, 4) is 0 Å². The third-order valence-corrected chi connectivity index (χ3v) is 0. The first-order valence-electron chi connectivity index (χ1n) is 2.68. The van der Waals surface area contributed by atoms with Crippen LogP contribution in [0.3, 0.4) is 0 Å². The van der Waals surface area contributed by atoms with Crippen LogP contribution >= 0.6 is 0 Å². The summed E-state index contributed by atoms with van der Waals surface area (Å²) in [6.45, 7) is 0. The molecule has 0 saturated carbocycles. The Labute approximate surface area is 138 Å². The van der Waals surface area contributed by atoms with Crippen molar-refractivity contribution in [2.75, 3.05) is 0 Å². The fraction of sp³-hybridized carbons (Fsp3) is 0. The topological polar surface area (TPSA) is 300 Å². The second kappa shape index (κ2) is 18.1. The van der Waals surface area contributed by atoms with Gasteiger partial charge in [-0.3, -0.25) is 25.3 Å². The first-order valence-corrected chi connectivity index (χ1v) is 8.24. The maximum atomic E-state index is 8.52. The standard InChI is InChI=1S/2NO.3H2O4S.2Ru/c2*1-2;3*1-5(2,3)4;;/h;;3*(H2,1,2,3,4);;/q2*-1;;;;2*+4/p-6. The van der Waals surface area contributed by atoms with Gasteiger partial charge in [-0.1, -0.05) is 0 Å². The van der Waals surface area contributed by atoms with E-state index >= 15 is 0 Å². The van der Waals surface area contributed by atoms with E-state index in [4.69, 9.17) is 62.4 Å². The molecule has 0 heterocycles. The molecule has 0 N–H and O–H groups in total. The van der Waals surface area contributed by atoms with Crippen LogP contribution < -0.4 is 0 Å². The zero-order valence-electron chi connectivity index (χ0n) is 8.54. The van der Waals surface area contributed by atoms with Crippen molar-refractivity contribution in [2.24, 2.45) is 7.84 Å². The third-order valence-electron chi connectivity index (χ3n) is 0. The zero-order chi connectivity index (χ0) is 18.9. The molecule has 0 bridgehead atoms. The predicted octanol–water partition coefficient (Wildman–Crippen LogP) is -3.58. The van der Waals surface area contributed by atoms with Gasteiger partial charge in [0.2, 0.25) is 0 Å². The molecule has 0 saturated heterocycles. The van der Waals surface area contributed by atoms with E-state index < -0.39 is 31.2 Å². The van der Waals surface area contributed by atoms with Crippen LogP contribution in [0.5, 0.6) is 0 Å². The number of rotatable bonds is 0. The summed E-state index contributed by atoms with van der Waals surface area (Å²) in [5.41, 5.74) is 0. The van der Waals surface area contributed by atoms with Gasteiger partial charge in [0.15, 0.2) is 0 Å². The number of nitrogens with zero attached hydrogens (tertiary/aromatic N) is 2. The van der Waals surface area contributed by atoms with Crippen LogP contribution in [0.2, 0.25) is 0 Å². The predicted molar refractivity (Wildman–Crippen MR) is 43.0 cm³/mol. The second-order valence-corrected chi connectivity index (χ2v) is 4.44. The van der Waals surface area contributed by atoms with Crippen LogP contribution in [-0.2, 0) is 68.3 Å². The van der Waals surface area contributed by atoms with E-state index in [0.29, 0.717) is 0 Å². The van der Waals surface area contributed by atoms with E-state index in [2.05, 4.69) is 7.84 Å². The van der Waals surface area contributed by atoms with Gasteiger partial charge in [-0.2, -0.15) is 0 Å². The molecule has 16 nitrogen and oxygen atoms in total. The van der Waals surface area contributed by atoms with Crippen molar-refractivity contribution in [1.82, 2.24) is 0 Å². The average Bonchev–Trinajstić information content (AvgIpc) is 1.93. The molecule has 0 aliphatic heterocycles. The minimum absolute atomic E-state index is 1.58. The summed E-state index contributed by atoms with van der Waals surface area (Å²) in [7, 11) is -15.5. The molecule has 0 spiro atoms. The van der Waals surface area contributed by atoms with Gasteiger partial charge in [-0.15, -0.1) is 0 Å². The van der Waals surface area contributed by atoms with Crippen molar-refractivity contribution in [3.63, 3.8) is 0 Å². The van der Waals surface area contributed by atoms with E-state index in [-0.39, 0.29) is 0 Å². The van der Waals surface area contributed by atoms with Crippen LogP contribution in [0.25, 0.3) is 0 Å². The maximum absolute atomic E-state index is 8.52. The van der Waals surface area contributed by atoms with E-state index in [1.54, 1.807) is 37.1 Å². The number of hydrogen-bond donors (Lipinski definition) is 0. The first kappa shape index (κ1) is 32.9. The number of nitroso groups, excluding NO2 is 2. The van der Waals surface area contributed by atoms with E-state index in [9.17, 15) is 0 Å². The monoisotopic (exact) mass is 552 g/mol. The molecule has 21 heavy (non-hydrogen) atoms. The second-order valence-electron chi connectivity index (χ2n) is 1.35. The summed E-state index contributed by atoms with van der Waals surface area (Å²) in [6, 6.07) is 0. The average molecular weight is 550 g/mol. The minimum atomic E-state index is -5.17. The zero-order valence-corrected chi connectivity index (χ0v) is 14.5. The van der Waals surface area contributed by atoms with Crippen molar-refractivity contribution < 1.29 is 89.7 Å². The molecule has 0 aromatic heterocycles. The molecule has 0 atom stereocenters. The van der Waals surface area contributed by atoms with Gasteiger partial charge in [0, 0.05) is 31.2 Å². The molecule has 0 radical (unpaired) electrons. The van der Waals surface area contributed by atoms with Gasteiger partial charge in [0.1, 0.15) is 0 Å². The van der Waals surface area contributed by atoms with Crippen LogP contribution in [0.1, 0.15) is 0 Å². The summed E-state index contributed by atoms with van der Waals surface area (Å²) in [5.74, 6) is 0. The van der Waals surface area contributed by atoms with Crippen molar-refractivity contribution in [1.29, 1.82) is 0 Å². The first-order chi connectivity index (χ1) is 8.83. The summed E-state index contributed by atoms with van der Waals surface area (Å²) < 4.78 is 107. The Kier molecular flexibility index (Phi) is 28.3. The molecule has 0 fully saturated rings. The summed E-state index contributed by atoms with van der Waals surface area (Å²) in [4.78, 5) is 17.0. The van der Waals surface area contributed by atoms with Gasteiger partial charge < -0.3 is 27.3 Å². The number of hydrogen-bond acceptors (Lipinski definition) is 16. The van der Waals surface area contributed by atoms with Crippen LogP contribution in [0, 0.1) is 9.81 Å². The summed E-state index contributed by atoms with van der Waals surface area (Å²) in [6.07, 6.45) is 0. The fourth-order valence-electron chi connectivity index (χ4n) is 0. The van der Waals surface area contributed by atoms with Crippen LogP contribution in [-0.4, -0.2) is 52.6 Å². The third kappa shape index (κ3) is 2030000. The van der Waals surface area contributed by atoms with Gasteiger partial charge in [0.05, 0.1) is 0 Å². The Morgan fingerprint density at radius 2 is 0.524 bits per heavy atom. The molecule has 0 amide bonds. The molecule has 0 unspecified atom stereocenters. The van der Waals surface area contributed by atoms with Crippen LogP contribution in [0.15, 0.2) is 7.84 Å². The molecule has 0 rings (SSSR count). The molecule has 21 heteroatoms. The Hall–Kier alpha value is 0.0568. The Bertz CT molecular complexity index is 425. The van der Waals surface area contributed by atoms with Gasteiger partial charge >= 0.3 is 54.7 Å². The van der Waals surface area contributed by atoms with Gasteiger partial charge in [-0.05, 0) is 0 Å². The molecule has 0 aromatic rings. The molecule has 0 aliphatic carbocycles. The Morgan fingerprint density at radius 1 is 0.524 bits per heavy atom. The molecule has 0 aliphatic rings. The normalized spacial score (nSPS) is 9.43. The van der Waals surface area contributed by atoms with Gasteiger partial charge in [0.25, 0.3) is 0 Å². The Morgan fingerprint density at radius 3 is 0.524 bits per heavy atom. The van der Waals surface area contributed by atoms with E-state index in [0.717, 1.165) is 0 Å². The van der Waals surface area contributed by atoms with E-state index in [1.165, 1.54) is 0 Å².